The molecular weight excluding hydrogens is 1010 g/mol. The van der Waals surface area contributed by atoms with Crippen molar-refractivity contribution in [2.24, 2.45) is 63.5 Å². The zero-order chi connectivity index (χ0) is 59.7. The van der Waals surface area contributed by atoms with Crippen molar-refractivity contribution in [1.82, 2.24) is 42.5 Å². The van der Waals surface area contributed by atoms with Crippen LogP contribution in [0.15, 0.2) is 0 Å². The Labute approximate surface area is 482 Å². The molecule has 4 atom stereocenters. The van der Waals surface area contributed by atoms with Crippen LogP contribution in [0.3, 0.4) is 0 Å². The van der Waals surface area contributed by atoms with Crippen LogP contribution in [0.2, 0.25) is 0 Å². The van der Waals surface area contributed by atoms with Crippen LogP contribution in [-0.4, -0.2) is 137 Å². The lowest BCUT2D eigenvalue weighted by Crippen LogP contribution is -2.58. The Morgan fingerprint density at radius 1 is 0.463 bits per heavy atom. The molecule has 462 valence electrons. The number of nitrogens with one attached hydrogen (secondary N) is 8. The Bertz CT molecular complexity index is 1860. The molecular formula is C61H115N11O8. The molecule has 80 heavy (non-hydrogen) atoms. The first-order valence-corrected chi connectivity index (χ1v) is 31.2. The van der Waals surface area contributed by atoms with Gasteiger partial charge in [0.2, 0.25) is 29.5 Å². The molecule has 2 rings (SSSR count). The minimum atomic E-state index is -1.42. The van der Waals surface area contributed by atoms with Gasteiger partial charge in [0.15, 0.2) is 5.78 Å². The fourth-order valence-electron chi connectivity index (χ4n) is 11.6. The number of amides is 5. The van der Waals surface area contributed by atoms with E-state index >= 15 is 4.79 Å². The van der Waals surface area contributed by atoms with E-state index in [1.165, 1.54) is 38.5 Å². The molecule has 5 amide bonds. The minimum absolute atomic E-state index is 0.0152. The van der Waals surface area contributed by atoms with Crippen LogP contribution in [-0.2, 0) is 38.4 Å². The first-order valence-electron chi connectivity index (χ1n) is 31.2. The van der Waals surface area contributed by atoms with Crippen molar-refractivity contribution in [3.8, 4) is 0 Å². The number of hydrogen-bond donors (Lipinski definition) is 11. The average molecular weight is 1130 g/mol. The summed E-state index contributed by atoms with van der Waals surface area (Å²) in [5, 5.41) is 24.2. The van der Waals surface area contributed by atoms with E-state index in [0.29, 0.717) is 83.2 Å². The van der Waals surface area contributed by atoms with Crippen LogP contribution in [0, 0.1) is 46.3 Å². The number of ketones is 3. The highest BCUT2D eigenvalue weighted by Gasteiger charge is 2.44. The minimum Gasteiger partial charge on any atom is -0.356 e. The molecule has 2 aliphatic rings. The van der Waals surface area contributed by atoms with Gasteiger partial charge in [0, 0.05) is 114 Å². The molecule has 0 aromatic carbocycles. The molecule has 0 aromatic rings. The van der Waals surface area contributed by atoms with Crippen molar-refractivity contribution >= 4 is 46.9 Å². The average Bonchev–Trinajstić information content (AvgIpc) is 3.42. The fourth-order valence-corrected chi connectivity index (χ4v) is 11.6. The molecule has 0 saturated heterocycles. The van der Waals surface area contributed by atoms with Crippen molar-refractivity contribution in [3.05, 3.63) is 0 Å². The fraction of sp³-hybridized carbons (Fsp3) is 0.869. The summed E-state index contributed by atoms with van der Waals surface area (Å²) in [6.07, 6.45) is 16.4. The summed E-state index contributed by atoms with van der Waals surface area (Å²) in [4.78, 5) is 113. The summed E-state index contributed by atoms with van der Waals surface area (Å²) >= 11 is 0. The molecule has 0 heterocycles. The molecule has 2 fully saturated rings. The van der Waals surface area contributed by atoms with Crippen molar-refractivity contribution in [2.75, 3.05) is 72.0 Å². The normalized spacial score (nSPS) is 19.4. The maximum Gasteiger partial charge on any atom is 0.237 e. The highest BCUT2D eigenvalue weighted by Crippen LogP contribution is 2.39. The molecule has 2 saturated carbocycles. The van der Waals surface area contributed by atoms with Crippen LogP contribution >= 0.6 is 0 Å². The van der Waals surface area contributed by atoms with Crippen LogP contribution in [0.1, 0.15) is 204 Å². The molecule has 19 heteroatoms. The second kappa shape index (κ2) is 38.8. The molecule has 2 aliphatic carbocycles. The standard InChI is InChI=1S/C61H115N11O8/c1-10-13-16-43-18-22-45(23-19-43)41-70-53(75)36-47(39-59(4,5)51(73)37-49(64)57(79)71-42-46-24-20-44(21-25-46)17-14-11-2)55(77)60(6,7)40-48(56(78)69-34-32-66-30-27-63)35-52(74)61(8,9)72-50(58(80)68-28-15-12-3)38-54(76)67-33-31-65-29-26-62/h43-50,65-66,72H,10-42,62-64H2,1-9H3,(H,67,76)(H,68,80)(H,69,78)(H,70,75)(H,71,79). The van der Waals surface area contributed by atoms with E-state index in [9.17, 15) is 33.6 Å². The Kier molecular flexibility index (Phi) is 35.0. The lowest BCUT2D eigenvalue weighted by Gasteiger charge is -2.36. The molecule has 14 N–H and O–H groups in total. The van der Waals surface area contributed by atoms with E-state index in [-0.39, 0.29) is 68.5 Å². The highest BCUT2D eigenvalue weighted by atomic mass is 16.2. The van der Waals surface area contributed by atoms with Gasteiger partial charge in [-0.1, -0.05) is 119 Å². The van der Waals surface area contributed by atoms with E-state index in [1.807, 2.05) is 6.92 Å². The largest absolute Gasteiger partial charge is 0.356 e. The number of nitrogens with two attached hydrogens (primary N) is 3. The van der Waals surface area contributed by atoms with E-state index in [4.69, 9.17) is 17.2 Å². The van der Waals surface area contributed by atoms with Crippen molar-refractivity contribution < 1.29 is 38.4 Å². The smallest absolute Gasteiger partial charge is 0.237 e. The van der Waals surface area contributed by atoms with Crippen molar-refractivity contribution in [3.63, 3.8) is 0 Å². The second-order valence-electron chi connectivity index (χ2n) is 25.5. The van der Waals surface area contributed by atoms with Crippen molar-refractivity contribution in [1.29, 1.82) is 0 Å². The number of carbonyl (C=O) groups excluding carboxylic acids is 8. The second-order valence-corrected chi connectivity index (χ2v) is 25.5. The topological polar surface area (TPSA) is 311 Å². The first kappa shape index (κ1) is 72.2. The third-order valence-corrected chi connectivity index (χ3v) is 16.9. The number of rotatable bonds is 44. The van der Waals surface area contributed by atoms with Gasteiger partial charge in [-0.15, -0.1) is 0 Å². The number of Topliss-reactive ketones (excluding diaryl/α,β-unsaturated/α-hetero) is 3. The van der Waals surface area contributed by atoms with Crippen LogP contribution in [0.4, 0.5) is 0 Å². The Balaban J connectivity index is 2.41. The third kappa shape index (κ3) is 28.4. The van der Waals surface area contributed by atoms with E-state index in [1.54, 1.807) is 41.5 Å². The van der Waals surface area contributed by atoms with Crippen LogP contribution in [0.5, 0.6) is 0 Å². The summed E-state index contributed by atoms with van der Waals surface area (Å²) < 4.78 is 0. The van der Waals surface area contributed by atoms with Gasteiger partial charge in [0.1, 0.15) is 11.6 Å². The summed E-state index contributed by atoms with van der Waals surface area (Å²) in [6, 6.07) is -2.18. The van der Waals surface area contributed by atoms with Gasteiger partial charge in [-0.25, -0.2) is 0 Å². The van der Waals surface area contributed by atoms with Crippen LogP contribution < -0.4 is 59.7 Å². The van der Waals surface area contributed by atoms with E-state index in [0.717, 1.165) is 70.1 Å². The number of unbranched alkanes of at least 4 members (excludes halogenated alkanes) is 3. The maximum atomic E-state index is 15.3. The molecule has 19 nitrogen and oxygen atoms in total. The Hall–Kier alpha value is -3.88. The summed E-state index contributed by atoms with van der Waals surface area (Å²) in [7, 11) is 0. The molecule has 0 aliphatic heterocycles. The lowest BCUT2D eigenvalue weighted by atomic mass is 9.68. The number of carbonyl (C=O) groups is 8. The highest BCUT2D eigenvalue weighted by molar-refractivity contribution is 5.96. The molecule has 0 radical (unpaired) electrons. The maximum absolute atomic E-state index is 15.3. The molecule has 0 aromatic heterocycles. The summed E-state index contributed by atoms with van der Waals surface area (Å²) in [5.41, 5.74) is 13.8. The zero-order valence-corrected chi connectivity index (χ0v) is 51.5. The quantitative estimate of drug-likeness (QED) is 0.0364. The van der Waals surface area contributed by atoms with E-state index in [2.05, 4.69) is 56.4 Å². The summed E-state index contributed by atoms with van der Waals surface area (Å²) in [5.74, 6) is -2.91. The van der Waals surface area contributed by atoms with Gasteiger partial charge in [0.05, 0.1) is 24.0 Å². The number of hydrogen-bond acceptors (Lipinski definition) is 14. The predicted molar refractivity (Wildman–Crippen MR) is 320 cm³/mol. The van der Waals surface area contributed by atoms with Gasteiger partial charge in [-0.3, -0.25) is 43.7 Å². The molecule has 0 bridgehead atoms. The first-order chi connectivity index (χ1) is 37.9. The third-order valence-electron chi connectivity index (χ3n) is 16.9. The SMILES string of the molecule is CCCCNC(=O)C(CC(=O)NCCNCCN)NC(C)(C)C(=O)CC(CC(C)(C)C(=O)C(CC(=O)NCC1CCC(CCCC)CC1)CC(C)(C)C(=O)CC(N)C(=O)NCC1CCC(CCCC)CC1)C(=O)NCCNCCN. The van der Waals surface area contributed by atoms with Gasteiger partial charge >= 0.3 is 0 Å². The van der Waals surface area contributed by atoms with Gasteiger partial charge in [-0.05, 0) is 82.5 Å². The Morgan fingerprint density at radius 3 is 1.46 bits per heavy atom. The van der Waals surface area contributed by atoms with E-state index < -0.39 is 63.8 Å². The monoisotopic (exact) mass is 1130 g/mol. The van der Waals surface area contributed by atoms with Gasteiger partial charge in [0.25, 0.3) is 0 Å². The summed E-state index contributed by atoms with van der Waals surface area (Å²) in [6.45, 7) is 21.3. The van der Waals surface area contributed by atoms with Gasteiger partial charge < -0.3 is 54.4 Å². The molecule has 4 unspecified atom stereocenters. The predicted octanol–water partition coefficient (Wildman–Crippen LogP) is 4.85. The zero-order valence-electron chi connectivity index (χ0n) is 51.5. The van der Waals surface area contributed by atoms with Crippen LogP contribution in [0.25, 0.3) is 0 Å². The Morgan fingerprint density at radius 2 is 0.938 bits per heavy atom. The lowest BCUT2D eigenvalue weighted by molar-refractivity contribution is -0.141. The van der Waals surface area contributed by atoms with Crippen molar-refractivity contribution in [2.45, 2.75) is 221 Å². The van der Waals surface area contributed by atoms with Gasteiger partial charge in [-0.2, -0.15) is 0 Å². The molecule has 0 spiro atoms.